The first-order chi connectivity index (χ1) is 8.47. The maximum atomic E-state index is 11.9. The predicted octanol–water partition coefficient (Wildman–Crippen LogP) is 1.75. The van der Waals surface area contributed by atoms with Crippen molar-refractivity contribution in [1.29, 1.82) is 0 Å². The monoisotopic (exact) mass is 284 g/mol. The minimum Gasteiger partial charge on any atom is -0.176 e. The molecule has 0 atom stereocenters. The Morgan fingerprint density at radius 2 is 1.61 bits per heavy atom. The third-order valence-electron chi connectivity index (χ3n) is 2.26. The second kappa shape index (κ2) is 4.96. The average Bonchev–Trinajstić information content (AvgIpc) is 2.32. The first-order valence-corrected chi connectivity index (χ1v) is 6.94. The molecule has 0 radical (unpaired) electrons. The van der Waals surface area contributed by atoms with Crippen LogP contribution in [0, 0.1) is 6.92 Å². The summed E-state index contributed by atoms with van der Waals surface area (Å²) in [5.41, 5.74) is 0.980. The molecule has 0 amide bonds. The molecule has 1 heterocycles. The van der Waals surface area contributed by atoms with E-state index < -0.39 is 10.1 Å². The molecule has 0 N–H and O–H groups in total. The van der Waals surface area contributed by atoms with Crippen molar-refractivity contribution in [2.24, 2.45) is 0 Å². The molecule has 2 aromatic rings. The fourth-order valence-corrected chi connectivity index (χ4v) is 2.30. The lowest BCUT2D eigenvalue weighted by Gasteiger charge is -2.00. The van der Waals surface area contributed by atoms with Crippen molar-refractivity contribution >= 4 is 21.7 Å². The number of hydrogen-bond acceptors (Lipinski definition) is 3. The van der Waals surface area contributed by atoms with Gasteiger partial charge < -0.3 is 0 Å². The number of aryl methyl sites for hydroxylation is 1. The molecule has 0 spiro atoms. The van der Waals surface area contributed by atoms with Gasteiger partial charge in [0, 0.05) is 16.9 Å². The SMILES string of the molecule is Cc1ccc(S(=O)(=O)O[n+]2ccc(Cl)cc2)cc1. The topological polar surface area (TPSA) is 47.3 Å². The summed E-state index contributed by atoms with van der Waals surface area (Å²) in [6.45, 7) is 1.88. The number of aromatic nitrogens is 1. The molecule has 2 rings (SSSR count). The number of nitrogens with zero attached hydrogens (tertiary/aromatic N) is 1. The molecule has 0 aliphatic heterocycles. The molecule has 6 heteroatoms. The van der Waals surface area contributed by atoms with Gasteiger partial charge in [-0.15, -0.1) is 4.28 Å². The van der Waals surface area contributed by atoms with Crippen molar-refractivity contribution in [2.75, 3.05) is 0 Å². The molecule has 4 nitrogen and oxygen atoms in total. The van der Waals surface area contributed by atoms with E-state index in [2.05, 4.69) is 0 Å². The summed E-state index contributed by atoms with van der Waals surface area (Å²) < 4.78 is 29.8. The van der Waals surface area contributed by atoms with Crippen LogP contribution in [0.2, 0.25) is 5.02 Å². The van der Waals surface area contributed by atoms with Crippen LogP contribution in [0.25, 0.3) is 0 Å². The van der Waals surface area contributed by atoms with Crippen LogP contribution in [0.15, 0.2) is 53.7 Å². The Bertz CT molecular complexity index is 636. The second-order valence-electron chi connectivity index (χ2n) is 3.72. The fraction of sp³-hybridized carbons (Fsp3) is 0.0833. The lowest BCUT2D eigenvalue weighted by atomic mass is 10.2. The standard InChI is InChI=1S/C12H11ClNO3S/c1-10-2-4-12(5-3-10)18(15,16)17-14-8-6-11(13)7-9-14/h2-9H,1H3/q+1. The van der Waals surface area contributed by atoms with E-state index in [1.165, 1.54) is 36.7 Å². The number of pyridine rings is 1. The highest BCUT2D eigenvalue weighted by Gasteiger charge is 2.21. The van der Waals surface area contributed by atoms with Crippen LogP contribution in [0.3, 0.4) is 0 Å². The van der Waals surface area contributed by atoms with Crippen molar-refractivity contribution in [2.45, 2.75) is 11.8 Å². The Balaban J connectivity index is 2.27. The Morgan fingerprint density at radius 1 is 1.06 bits per heavy atom. The molecule has 0 unspecified atom stereocenters. The fourth-order valence-electron chi connectivity index (χ4n) is 1.31. The van der Waals surface area contributed by atoms with Gasteiger partial charge >= 0.3 is 10.1 Å². The highest BCUT2D eigenvalue weighted by atomic mass is 35.5. The van der Waals surface area contributed by atoms with Gasteiger partial charge in [-0.05, 0) is 19.1 Å². The molecule has 1 aromatic carbocycles. The van der Waals surface area contributed by atoms with Crippen molar-refractivity contribution in [3.05, 3.63) is 59.4 Å². The summed E-state index contributed by atoms with van der Waals surface area (Å²) in [5, 5.41) is 0.502. The third kappa shape index (κ3) is 3.00. The molecule has 18 heavy (non-hydrogen) atoms. The van der Waals surface area contributed by atoms with E-state index in [-0.39, 0.29) is 4.90 Å². The van der Waals surface area contributed by atoms with Gasteiger partial charge in [-0.1, -0.05) is 29.3 Å². The molecular formula is C12H11ClNO3S+. The van der Waals surface area contributed by atoms with Crippen LogP contribution in [-0.2, 0) is 10.1 Å². The van der Waals surface area contributed by atoms with Crippen LogP contribution in [0.4, 0.5) is 0 Å². The van der Waals surface area contributed by atoms with Gasteiger partial charge in [-0.25, -0.2) is 0 Å². The van der Waals surface area contributed by atoms with Gasteiger partial charge in [0.2, 0.25) is 12.4 Å². The van der Waals surface area contributed by atoms with Crippen LogP contribution in [0.1, 0.15) is 5.56 Å². The average molecular weight is 285 g/mol. The van der Waals surface area contributed by atoms with Gasteiger partial charge in [0.25, 0.3) is 0 Å². The molecule has 0 bridgehead atoms. The summed E-state index contributed by atoms with van der Waals surface area (Å²) in [4.78, 5) is 0.107. The molecule has 0 aliphatic rings. The molecule has 0 saturated heterocycles. The third-order valence-corrected chi connectivity index (χ3v) is 3.73. The maximum absolute atomic E-state index is 11.9. The number of rotatable bonds is 3. The maximum Gasteiger partial charge on any atom is 0.396 e. The van der Waals surface area contributed by atoms with E-state index in [4.69, 9.17) is 15.9 Å². The Labute approximate surface area is 110 Å². The first kappa shape index (κ1) is 12.9. The van der Waals surface area contributed by atoms with E-state index in [0.717, 1.165) is 10.3 Å². The quantitative estimate of drug-likeness (QED) is 0.807. The first-order valence-electron chi connectivity index (χ1n) is 5.16. The Hall–Kier alpha value is -1.59. The van der Waals surface area contributed by atoms with E-state index in [0.29, 0.717) is 5.02 Å². The summed E-state index contributed by atoms with van der Waals surface area (Å²) in [5.74, 6) is 0. The lowest BCUT2D eigenvalue weighted by molar-refractivity contribution is -0.856. The van der Waals surface area contributed by atoms with E-state index in [9.17, 15) is 8.42 Å². The number of halogens is 1. The minimum absolute atomic E-state index is 0.107. The molecular weight excluding hydrogens is 274 g/mol. The van der Waals surface area contributed by atoms with E-state index in [1.807, 2.05) is 6.92 Å². The van der Waals surface area contributed by atoms with Crippen molar-refractivity contribution in [1.82, 2.24) is 0 Å². The van der Waals surface area contributed by atoms with Gasteiger partial charge in [0.15, 0.2) is 0 Å². The van der Waals surface area contributed by atoms with Gasteiger partial charge in [0.1, 0.15) is 4.90 Å². The normalized spacial score (nSPS) is 11.2. The Kier molecular flexibility index (Phi) is 3.54. The van der Waals surface area contributed by atoms with E-state index >= 15 is 0 Å². The largest absolute Gasteiger partial charge is 0.396 e. The summed E-state index contributed by atoms with van der Waals surface area (Å²) in [7, 11) is -3.82. The zero-order valence-electron chi connectivity index (χ0n) is 9.58. The second-order valence-corrected chi connectivity index (χ2v) is 5.68. The van der Waals surface area contributed by atoms with Crippen LogP contribution >= 0.6 is 11.6 Å². The molecule has 94 valence electrons. The summed E-state index contributed by atoms with van der Waals surface area (Å²) in [6, 6.07) is 9.49. The molecule has 0 fully saturated rings. The van der Waals surface area contributed by atoms with Crippen LogP contribution < -0.4 is 9.01 Å². The Morgan fingerprint density at radius 3 is 2.17 bits per heavy atom. The zero-order valence-corrected chi connectivity index (χ0v) is 11.1. The van der Waals surface area contributed by atoms with Gasteiger partial charge in [-0.2, -0.15) is 8.42 Å². The highest BCUT2D eigenvalue weighted by molar-refractivity contribution is 7.86. The minimum atomic E-state index is -3.82. The van der Waals surface area contributed by atoms with Crippen LogP contribution in [-0.4, -0.2) is 8.42 Å². The zero-order chi connectivity index (χ0) is 13.2. The smallest absolute Gasteiger partial charge is 0.176 e. The van der Waals surface area contributed by atoms with Crippen LogP contribution in [0.5, 0.6) is 0 Å². The summed E-state index contributed by atoms with van der Waals surface area (Å²) >= 11 is 5.70. The lowest BCUT2D eigenvalue weighted by Crippen LogP contribution is -2.44. The number of benzene rings is 1. The van der Waals surface area contributed by atoms with Gasteiger partial charge in [-0.3, -0.25) is 0 Å². The molecule has 0 saturated carbocycles. The van der Waals surface area contributed by atoms with Crippen molar-refractivity contribution in [3.63, 3.8) is 0 Å². The molecule has 0 aliphatic carbocycles. The highest BCUT2D eigenvalue weighted by Crippen LogP contribution is 2.10. The van der Waals surface area contributed by atoms with E-state index in [1.54, 1.807) is 12.1 Å². The van der Waals surface area contributed by atoms with Crippen molar-refractivity contribution in [3.8, 4) is 0 Å². The predicted molar refractivity (Wildman–Crippen MR) is 66.6 cm³/mol. The summed E-state index contributed by atoms with van der Waals surface area (Å²) in [6.07, 6.45) is 2.85. The number of hydrogen-bond donors (Lipinski definition) is 0. The molecule has 1 aromatic heterocycles. The van der Waals surface area contributed by atoms with Crippen molar-refractivity contribution < 1.29 is 17.4 Å². The van der Waals surface area contributed by atoms with Gasteiger partial charge in [0.05, 0.1) is 5.02 Å².